The summed E-state index contributed by atoms with van der Waals surface area (Å²) >= 11 is -1.50. The molecule has 0 amide bonds. The lowest BCUT2D eigenvalue weighted by Gasteiger charge is -2.09. The van der Waals surface area contributed by atoms with E-state index < -0.39 is 29.1 Å². The summed E-state index contributed by atoms with van der Waals surface area (Å²) in [6.07, 6.45) is 0. The Morgan fingerprint density at radius 3 is 1.52 bits per heavy atom. The molecule has 0 unspecified atom stereocenters. The Bertz CT molecular complexity index is 997. The van der Waals surface area contributed by atoms with Gasteiger partial charge in [-0.1, -0.05) is 0 Å². The van der Waals surface area contributed by atoms with Crippen LogP contribution >= 0.6 is 0 Å². The summed E-state index contributed by atoms with van der Waals surface area (Å²) in [5, 5.41) is 24.2. The monoisotopic (exact) mass is 474 g/mol. The van der Waals surface area contributed by atoms with Gasteiger partial charge in [0.25, 0.3) is 11.8 Å². The number of aromatic carboxylic acids is 1. The van der Waals surface area contributed by atoms with Crippen molar-refractivity contribution in [2.24, 2.45) is 0 Å². The molecule has 0 aliphatic rings. The van der Waals surface area contributed by atoms with Crippen molar-refractivity contribution in [3.8, 4) is 11.5 Å². The van der Waals surface area contributed by atoms with Gasteiger partial charge in [-0.3, -0.25) is 0 Å². The zero-order valence-electron chi connectivity index (χ0n) is 15.9. The predicted octanol–water partition coefficient (Wildman–Crippen LogP) is 0.585. The van der Waals surface area contributed by atoms with E-state index in [2.05, 4.69) is 20.4 Å². The molecule has 0 aliphatic carbocycles. The maximum Gasteiger partial charge on any atom is 0.335 e. The summed E-state index contributed by atoms with van der Waals surface area (Å²) < 4.78 is 54.6. The zero-order valence-corrected chi connectivity index (χ0v) is 17.5. The summed E-state index contributed by atoms with van der Waals surface area (Å²) in [4.78, 5) is 11.3. The fourth-order valence-corrected chi connectivity index (χ4v) is 1.94. The van der Waals surface area contributed by atoms with Crippen molar-refractivity contribution < 1.29 is 45.0 Å². The van der Waals surface area contributed by atoms with E-state index >= 15 is 0 Å². The zero-order chi connectivity index (χ0) is 23.2. The molecule has 16 heteroatoms. The number of ether oxygens (including phenoxy) is 2. The van der Waals surface area contributed by atoms with Gasteiger partial charge in [-0.25, -0.2) is 4.79 Å². The molecule has 1 N–H and O–H groups in total. The van der Waals surface area contributed by atoms with E-state index in [0.29, 0.717) is 11.8 Å². The molecule has 0 radical (unpaired) electrons. The summed E-state index contributed by atoms with van der Waals surface area (Å²) in [7, 11) is 0. The lowest BCUT2D eigenvalue weighted by atomic mass is 10.2. The largest absolute Gasteiger partial charge is 0.484 e. The molecule has 3 rings (SSSR count). The van der Waals surface area contributed by atoms with Crippen molar-refractivity contribution in [1.29, 1.82) is 0 Å². The molecule has 2 heterocycles. The first-order valence-electron chi connectivity index (χ1n) is 7.88. The summed E-state index contributed by atoms with van der Waals surface area (Å²) in [6, 6.07) is 4.28. The number of hydrogen-bond acceptors (Lipinski definition) is 13. The highest BCUT2D eigenvalue weighted by Crippen LogP contribution is 2.24. The van der Waals surface area contributed by atoms with Crippen LogP contribution < -0.4 is 9.47 Å². The van der Waals surface area contributed by atoms with Crippen molar-refractivity contribution >= 4 is 29.1 Å². The molecule has 3 aromatic rings. The molecule has 0 bridgehead atoms. The number of benzene rings is 1. The van der Waals surface area contributed by atoms with E-state index in [1.54, 1.807) is 19.9 Å². The predicted molar refractivity (Wildman–Crippen MR) is 98.0 cm³/mol. The van der Waals surface area contributed by atoms with Crippen molar-refractivity contribution in [2.75, 3.05) is 0 Å². The Kier molecular flexibility index (Phi) is 10.9. The van der Waals surface area contributed by atoms with Gasteiger partial charge in [0.15, 0.2) is 13.2 Å². The van der Waals surface area contributed by atoms with Crippen LogP contribution in [-0.2, 0) is 36.4 Å². The lowest BCUT2D eigenvalue weighted by molar-refractivity contribution is 0.0695. The molecular formula is C15H14N4O10S2. The second-order valence-corrected chi connectivity index (χ2v) is 5.41. The minimum absolute atomic E-state index is 0.00616. The maximum atomic E-state index is 11.3. The van der Waals surface area contributed by atoms with Crippen molar-refractivity contribution in [2.45, 2.75) is 27.1 Å². The van der Waals surface area contributed by atoms with E-state index in [-0.39, 0.29) is 42.1 Å². The van der Waals surface area contributed by atoms with Crippen LogP contribution in [-0.4, -0.2) is 48.3 Å². The van der Waals surface area contributed by atoms with Crippen molar-refractivity contribution in [3.05, 3.63) is 47.3 Å². The molecular weight excluding hydrogens is 460 g/mol. The number of aromatic nitrogens is 4. The van der Waals surface area contributed by atoms with Gasteiger partial charge >= 0.3 is 29.1 Å². The lowest BCUT2D eigenvalue weighted by Crippen LogP contribution is -2.02. The molecule has 0 spiro atoms. The first-order chi connectivity index (χ1) is 14.8. The average molecular weight is 474 g/mol. The third kappa shape index (κ3) is 9.50. The molecule has 0 saturated heterocycles. The number of carbonyl (C=O) groups is 1. The maximum absolute atomic E-state index is 11.3. The van der Waals surface area contributed by atoms with Gasteiger partial charge in [0, 0.05) is 19.9 Å². The fraction of sp³-hybridized carbons (Fsp3) is 0.267. The Labute approximate surface area is 180 Å². The Hall–Kier alpha value is -3.79. The third-order valence-electron chi connectivity index (χ3n) is 2.99. The fourth-order valence-electron chi connectivity index (χ4n) is 1.94. The smallest absolute Gasteiger partial charge is 0.335 e. The highest BCUT2D eigenvalue weighted by atomic mass is 32.1. The summed E-state index contributed by atoms with van der Waals surface area (Å²) in [5.41, 5.74) is 0.0101. The second-order valence-electron chi connectivity index (χ2n) is 5.14. The minimum Gasteiger partial charge on any atom is -0.484 e. The van der Waals surface area contributed by atoms with Gasteiger partial charge in [-0.05, 0) is 12.1 Å². The molecule has 1 aromatic carbocycles. The number of hydrogen-bond donors (Lipinski definition) is 1. The number of carboxylic acid groups (broad SMARTS) is 1. The topological polar surface area (TPSA) is 202 Å². The highest BCUT2D eigenvalue weighted by molar-refractivity contribution is 7.51. The normalized spacial score (nSPS) is 9.35. The molecule has 0 saturated carbocycles. The van der Waals surface area contributed by atoms with Crippen LogP contribution in [0.15, 0.2) is 27.0 Å². The van der Waals surface area contributed by atoms with Crippen LogP contribution in [0.1, 0.15) is 33.9 Å². The second kappa shape index (κ2) is 13.4. The molecule has 14 nitrogen and oxygen atoms in total. The molecule has 0 atom stereocenters. The average Bonchev–Trinajstić information content (AvgIpc) is 3.33. The highest BCUT2D eigenvalue weighted by Gasteiger charge is 2.12. The number of aryl methyl sites for hydroxylation is 2. The van der Waals surface area contributed by atoms with Crippen molar-refractivity contribution in [3.63, 3.8) is 0 Å². The van der Waals surface area contributed by atoms with Crippen LogP contribution in [0.2, 0.25) is 0 Å². The molecule has 31 heavy (non-hydrogen) atoms. The van der Waals surface area contributed by atoms with Crippen LogP contribution in [0.4, 0.5) is 0 Å². The van der Waals surface area contributed by atoms with Crippen LogP contribution in [0, 0.1) is 13.8 Å². The van der Waals surface area contributed by atoms with Crippen LogP contribution in [0.5, 0.6) is 11.5 Å². The summed E-state index contributed by atoms with van der Waals surface area (Å²) in [5.74, 6) is 0.843. The Balaban J connectivity index is 0.000000720. The molecule has 2 aromatic heterocycles. The quantitative estimate of drug-likeness (QED) is 0.498. The molecule has 0 aliphatic heterocycles. The Morgan fingerprint density at radius 2 is 1.23 bits per heavy atom. The third-order valence-corrected chi connectivity index (χ3v) is 2.99. The van der Waals surface area contributed by atoms with E-state index in [4.69, 9.17) is 35.1 Å². The minimum atomic E-state index is -1.11. The van der Waals surface area contributed by atoms with Gasteiger partial charge in [-0.2, -0.15) is 16.8 Å². The van der Waals surface area contributed by atoms with Gasteiger partial charge in [-0.15, -0.1) is 20.4 Å². The standard InChI is InChI=1S/C15H14N4O6.2O2S/c1-8-16-18-13(24-8)6-22-11-3-10(15(20)21)4-12(5-11)23-7-14-19-17-9(2)25-14;2*1-3-2/h3-5H,6-7H2,1-2H3,(H,20,21);;. The van der Waals surface area contributed by atoms with E-state index in [1.807, 2.05) is 0 Å². The van der Waals surface area contributed by atoms with Gasteiger partial charge in [0.2, 0.25) is 11.8 Å². The van der Waals surface area contributed by atoms with E-state index in [1.165, 1.54) is 12.1 Å². The summed E-state index contributed by atoms with van der Waals surface area (Å²) in [6.45, 7) is 3.33. The SMILES string of the molecule is Cc1nnc(COc2cc(OCc3nnc(C)o3)cc(C(=O)O)c2)o1.O=S=O.O=S=O. The Morgan fingerprint density at radius 1 is 0.839 bits per heavy atom. The first-order valence-corrected chi connectivity index (χ1v) is 9.21. The molecule has 0 fully saturated rings. The van der Waals surface area contributed by atoms with Crippen molar-refractivity contribution in [1.82, 2.24) is 20.4 Å². The van der Waals surface area contributed by atoms with E-state index in [0.717, 1.165) is 0 Å². The number of rotatable bonds is 7. The number of carboxylic acids is 1. The number of nitrogens with zero attached hydrogens (tertiary/aromatic N) is 4. The first kappa shape index (κ1) is 25.2. The van der Waals surface area contributed by atoms with Gasteiger partial charge in [0.1, 0.15) is 11.5 Å². The van der Waals surface area contributed by atoms with Crippen LogP contribution in [0.25, 0.3) is 0 Å². The van der Waals surface area contributed by atoms with Crippen LogP contribution in [0.3, 0.4) is 0 Å². The van der Waals surface area contributed by atoms with E-state index in [9.17, 15) is 9.90 Å². The van der Waals surface area contributed by atoms with Gasteiger partial charge < -0.3 is 23.4 Å². The van der Waals surface area contributed by atoms with Gasteiger partial charge in [0.05, 0.1) is 5.56 Å². The molecule has 166 valence electrons.